The fraction of sp³-hybridized carbons (Fsp3) is 0.111. The van der Waals surface area contributed by atoms with E-state index in [1.54, 1.807) is 55.6 Å². The number of carbonyl (C=O) groups is 1. The molecule has 0 saturated carbocycles. The third-order valence-electron chi connectivity index (χ3n) is 3.54. The van der Waals surface area contributed by atoms with Crippen LogP contribution in [0.4, 0.5) is 5.69 Å². The normalized spacial score (nSPS) is 10.4. The molecule has 0 fully saturated rings. The van der Waals surface area contributed by atoms with Crippen molar-refractivity contribution in [1.82, 2.24) is 0 Å². The van der Waals surface area contributed by atoms with Gasteiger partial charge in [0.25, 0.3) is 5.91 Å². The van der Waals surface area contributed by atoms with E-state index in [1.165, 1.54) is 7.11 Å². The van der Waals surface area contributed by atoms with Crippen molar-refractivity contribution in [3.8, 4) is 11.5 Å². The lowest BCUT2D eigenvalue weighted by Crippen LogP contribution is -2.17. The number of benzene rings is 2. The van der Waals surface area contributed by atoms with Gasteiger partial charge in [-0.1, -0.05) is 0 Å². The van der Waals surface area contributed by atoms with E-state index in [0.29, 0.717) is 28.0 Å². The minimum absolute atomic E-state index is 0.0773. The van der Waals surface area contributed by atoms with Gasteiger partial charge in [-0.15, -0.1) is 0 Å². The van der Waals surface area contributed by atoms with Gasteiger partial charge >= 0.3 is 5.63 Å². The van der Waals surface area contributed by atoms with Crippen molar-refractivity contribution in [2.75, 3.05) is 19.5 Å². The van der Waals surface area contributed by atoms with Gasteiger partial charge in [0.2, 0.25) is 0 Å². The fourth-order valence-corrected chi connectivity index (χ4v) is 2.24. The third kappa shape index (κ3) is 3.08. The first-order chi connectivity index (χ1) is 11.6. The van der Waals surface area contributed by atoms with Crippen molar-refractivity contribution in [3.05, 3.63) is 64.5 Å². The summed E-state index contributed by atoms with van der Waals surface area (Å²) in [5.41, 5.74) is 0.248. The van der Waals surface area contributed by atoms with Crippen LogP contribution >= 0.6 is 0 Å². The molecule has 0 saturated heterocycles. The van der Waals surface area contributed by atoms with Crippen molar-refractivity contribution >= 4 is 22.6 Å². The molecule has 6 nitrogen and oxygen atoms in total. The Morgan fingerprint density at radius 3 is 2.29 bits per heavy atom. The molecule has 0 bridgehead atoms. The summed E-state index contributed by atoms with van der Waals surface area (Å²) < 4.78 is 15.4. The van der Waals surface area contributed by atoms with Crippen molar-refractivity contribution in [2.24, 2.45) is 0 Å². The first-order valence-corrected chi connectivity index (χ1v) is 7.18. The van der Waals surface area contributed by atoms with Crippen LogP contribution in [0.5, 0.6) is 11.5 Å². The van der Waals surface area contributed by atoms with Crippen LogP contribution in [-0.2, 0) is 0 Å². The molecule has 1 amide bonds. The number of rotatable bonds is 4. The average molecular weight is 325 g/mol. The molecule has 1 heterocycles. The van der Waals surface area contributed by atoms with Crippen LogP contribution in [-0.4, -0.2) is 20.1 Å². The summed E-state index contributed by atoms with van der Waals surface area (Å²) in [5.74, 6) is 0.823. The number of nitrogens with one attached hydrogen (secondary N) is 1. The number of hydrogen-bond donors (Lipinski definition) is 1. The molecule has 0 radical (unpaired) electrons. The molecule has 0 spiro atoms. The Bertz CT molecular complexity index is 944. The van der Waals surface area contributed by atoms with Crippen LogP contribution in [0.1, 0.15) is 10.4 Å². The quantitative estimate of drug-likeness (QED) is 0.746. The van der Waals surface area contributed by atoms with Gasteiger partial charge in [-0.2, -0.15) is 0 Å². The highest BCUT2D eigenvalue weighted by Crippen LogP contribution is 2.22. The molecule has 0 aliphatic rings. The number of methoxy groups -OCH3 is 2. The van der Waals surface area contributed by atoms with Gasteiger partial charge < -0.3 is 19.2 Å². The highest BCUT2D eigenvalue weighted by atomic mass is 16.5. The van der Waals surface area contributed by atoms with Gasteiger partial charge in [0.05, 0.1) is 14.2 Å². The monoisotopic (exact) mass is 325 g/mol. The van der Waals surface area contributed by atoms with E-state index >= 15 is 0 Å². The van der Waals surface area contributed by atoms with E-state index < -0.39 is 11.5 Å². The second-order valence-electron chi connectivity index (χ2n) is 5.03. The van der Waals surface area contributed by atoms with Gasteiger partial charge in [-0.3, -0.25) is 4.79 Å². The molecule has 0 atom stereocenters. The molecule has 3 aromatic rings. The largest absolute Gasteiger partial charge is 0.497 e. The van der Waals surface area contributed by atoms with Gasteiger partial charge in [-0.05, 0) is 42.5 Å². The summed E-state index contributed by atoms with van der Waals surface area (Å²) in [6.45, 7) is 0. The Kier molecular flexibility index (Phi) is 4.20. The van der Waals surface area contributed by atoms with E-state index in [0.717, 1.165) is 0 Å². The zero-order valence-electron chi connectivity index (χ0n) is 13.2. The van der Waals surface area contributed by atoms with E-state index in [-0.39, 0.29) is 5.69 Å². The molecular formula is C18H15NO5. The minimum Gasteiger partial charge on any atom is -0.497 e. The first-order valence-electron chi connectivity index (χ1n) is 7.18. The standard InChI is InChI=1S/C18H15NO5/c1-22-13-6-3-11(4-7-13)17(20)19-15-9-12-5-8-14(23-2)10-16(12)24-18(15)21/h3-10H,1-2H3,(H,19,20). The van der Waals surface area contributed by atoms with E-state index in [4.69, 9.17) is 13.9 Å². The van der Waals surface area contributed by atoms with Gasteiger partial charge in [-0.25, -0.2) is 4.79 Å². The van der Waals surface area contributed by atoms with Crippen LogP contribution in [0.2, 0.25) is 0 Å². The molecule has 122 valence electrons. The van der Waals surface area contributed by atoms with E-state index in [2.05, 4.69) is 5.32 Å². The van der Waals surface area contributed by atoms with Crippen LogP contribution in [0.15, 0.2) is 57.7 Å². The van der Waals surface area contributed by atoms with Crippen molar-refractivity contribution in [2.45, 2.75) is 0 Å². The van der Waals surface area contributed by atoms with Crippen molar-refractivity contribution < 1.29 is 18.7 Å². The smallest absolute Gasteiger partial charge is 0.360 e. The van der Waals surface area contributed by atoms with Crippen LogP contribution in [0.25, 0.3) is 11.0 Å². The topological polar surface area (TPSA) is 77.8 Å². The molecule has 0 unspecified atom stereocenters. The van der Waals surface area contributed by atoms with E-state index in [1.807, 2.05) is 0 Å². The molecule has 0 aliphatic heterocycles. The number of carbonyl (C=O) groups excluding carboxylic acids is 1. The summed E-state index contributed by atoms with van der Waals surface area (Å²) in [7, 11) is 3.08. The Labute approximate surface area is 137 Å². The zero-order valence-corrected chi connectivity index (χ0v) is 13.2. The Balaban J connectivity index is 1.89. The highest BCUT2D eigenvalue weighted by molar-refractivity contribution is 6.04. The SMILES string of the molecule is COc1ccc(C(=O)Nc2cc3ccc(OC)cc3oc2=O)cc1. The predicted molar refractivity (Wildman–Crippen MR) is 90.0 cm³/mol. The summed E-state index contributed by atoms with van der Waals surface area (Å²) in [5, 5.41) is 3.25. The molecule has 2 aromatic carbocycles. The molecule has 0 aliphatic carbocycles. The van der Waals surface area contributed by atoms with Crippen molar-refractivity contribution in [3.63, 3.8) is 0 Å². The van der Waals surface area contributed by atoms with Gasteiger partial charge in [0.1, 0.15) is 22.8 Å². The second kappa shape index (κ2) is 6.45. The molecular weight excluding hydrogens is 310 g/mol. The number of amides is 1. The van der Waals surface area contributed by atoms with Gasteiger partial charge in [0, 0.05) is 17.0 Å². The number of ether oxygens (including phenoxy) is 2. The number of fused-ring (bicyclic) bond motifs is 1. The Morgan fingerprint density at radius 1 is 0.958 bits per heavy atom. The summed E-state index contributed by atoms with van der Waals surface area (Å²) >= 11 is 0. The lowest BCUT2D eigenvalue weighted by molar-refractivity contribution is 0.102. The fourth-order valence-electron chi connectivity index (χ4n) is 2.24. The first kappa shape index (κ1) is 15.6. The molecule has 1 aromatic heterocycles. The maximum atomic E-state index is 12.2. The summed E-state index contributed by atoms with van der Waals surface area (Å²) in [6.07, 6.45) is 0. The molecule has 1 N–H and O–H groups in total. The average Bonchev–Trinajstić information content (AvgIpc) is 2.62. The Hall–Kier alpha value is -3.28. The van der Waals surface area contributed by atoms with E-state index in [9.17, 15) is 9.59 Å². The minimum atomic E-state index is -0.627. The second-order valence-corrected chi connectivity index (χ2v) is 5.03. The summed E-state index contributed by atoms with van der Waals surface area (Å²) in [6, 6.07) is 13.3. The predicted octanol–water partition coefficient (Wildman–Crippen LogP) is 3.06. The number of hydrogen-bond acceptors (Lipinski definition) is 5. The van der Waals surface area contributed by atoms with Gasteiger partial charge in [0.15, 0.2) is 0 Å². The van der Waals surface area contributed by atoms with Crippen molar-refractivity contribution in [1.29, 1.82) is 0 Å². The molecule has 3 rings (SSSR count). The molecule has 24 heavy (non-hydrogen) atoms. The third-order valence-corrected chi connectivity index (χ3v) is 3.54. The van der Waals surface area contributed by atoms with Crippen LogP contribution < -0.4 is 20.4 Å². The highest BCUT2D eigenvalue weighted by Gasteiger charge is 2.11. The molecule has 6 heteroatoms. The lowest BCUT2D eigenvalue weighted by atomic mass is 10.2. The Morgan fingerprint density at radius 2 is 1.62 bits per heavy atom. The maximum absolute atomic E-state index is 12.2. The maximum Gasteiger partial charge on any atom is 0.360 e. The summed E-state index contributed by atoms with van der Waals surface area (Å²) in [4.78, 5) is 24.3. The number of anilines is 1. The zero-order chi connectivity index (χ0) is 17.1. The lowest BCUT2D eigenvalue weighted by Gasteiger charge is -2.07. The van der Waals surface area contributed by atoms with Crippen LogP contribution in [0.3, 0.4) is 0 Å². The van der Waals surface area contributed by atoms with Crippen LogP contribution in [0, 0.1) is 0 Å².